The molecule has 11 heavy (non-hydrogen) atoms. The zero-order chi connectivity index (χ0) is 9.23. The van der Waals surface area contributed by atoms with Crippen LogP contribution in [0.4, 0.5) is 26.3 Å². The molecule has 0 radical (unpaired) electrons. The second-order valence-corrected chi connectivity index (χ2v) is 1.87. The van der Waals surface area contributed by atoms with E-state index in [1.807, 2.05) is 0 Å². The number of allylic oxidation sites excluding steroid dienone is 2. The standard InChI is InChI=1S/C4HClF6/c5-1(3(7)8)2(6)4(9,10)11/h3H. The monoisotopic (exact) mass is 198 g/mol. The summed E-state index contributed by atoms with van der Waals surface area (Å²) >= 11 is 4.29. The van der Waals surface area contributed by atoms with E-state index in [4.69, 9.17) is 0 Å². The smallest absolute Gasteiger partial charge is 0.204 e. The number of alkyl halides is 5. The van der Waals surface area contributed by atoms with Crippen LogP contribution in [-0.4, -0.2) is 12.6 Å². The number of halogens is 7. The van der Waals surface area contributed by atoms with Gasteiger partial charge in [-0.1, -0.05) is 11.6 Å². The second kappa shape index (κ2) is 3.34. The molecule has 0 saturated heterocycles. The van der Waals surface area contributed by atoms with E-state index in [0.29, 0.717) is 0 Å². The SMILES string of the molecule is FC(=C(Cl)C(F)F)C(F)(F)F. The highest BCUT2D eigenvalue weighted by Gasteiger charge is 2.39. The first-order chi connectivity index (χ1) is 4.76. The molecular formula is C4HClF6. The van der Waals surface area contributed by atoms with E-state index in [1.54, 1.807) is 0 Å². The minimum atomic E-state index is -5.44. The Labute approximate surface area is 62.4 Å². The molecule has 0 aromatic heterocycles. The maximum atomic E-state index is 11.7. The lowest BCUT2D eigenvalue weighted by Crippen LogP contribution is -2.11. The number of rotatable bonds is 1. The maximum Gasteiger partial charge on any atom is 0.444 e. The zero-order valence-electron chi connectivity index (χ0n) is 4.72. The molecule has 0 heterocycles. The summed E-state index contributed by atoms with van der Waals surface area (Å²) in [5, 5.41) is -2.11. The van der Waals surface area contributed by atoms with Gasteiger partial charge in [0, 0.05) is 0 Å². The molecule has 66 valence electrons. The predicted octanol–water partition coefficient (Wildman–Crippen LogP) is 3.23. The Morgan fingerprint density at radius 2 is 1.55 bits per heavy atom. The summed E-state index contributed by atoms with van der Waals surface area (Å²) in [5.41, 5.74) is 0. The molecule has 0 aliphatic carbocycles. The maximum absolute atomic E-state index is 11.7. The summed E-state index contributed by atoms with van der Waals surface area (Å²) in [6.45, 7) is 0. The third kappa shape index (κ3) is 3.00. The van der Waals surface area contributed by atoms with Crippen LogP contribution >= 0.6 is 11.6 Å². The van der Waals surface area contributed by atoms with Gasteiger partial charge in [0.1, 0.15) is 5.03 Å². The van der Waals surface area contributed by atoms with Gasteiger partial charge in [0.05, 0.1) is 0 Å². The third-order valence-corrected chi connectivity index (χ3v) is 0.981. The van der Waals surface area contributed by atoms with Crippen LogP contribution in [0.15, 0.2) is 10.9 Å². The van der Waals surface area contributed by atoms with Crippen LogP contribution in [0.25, 0.3) is 0 Å². The highest BCUT2D eigenvalue weighted by Crippen LogP contribution is 2.32. The second-order valence-electron chi connectivity index (χ2n) is 1.46. The quantitative estimate of drug-likeness (QED) is 0.568. The predicted molar refractivity (Wildman–Crippen MR) is 26.0 cm³/mol. The Morgan fingerprint density at radius 1 is 1.18 bits per heavy atom. The highest BCUT2D eigenvalue weighted by molar-refractivity contribution is 6.30. The van der Waals surface area contributed by atoms with Gasteiger partial charge in [0.2, 0.25) is 5.83 Å². The Bertz CT molecular complexity index is 168. The van der Waals surface area contributed by atoms with Crippen LogP contribution in [0.1, 0.15) is 0 Å². The largest absolute Gasteiger partial charge is 0.444 e. The fourth-order valence-electron chi connectivity index (χ4n) is 0.231. The number of hydrogen-bond acceptors (Lipinski definition) is 0. The average molecular weight is 198 g/mol. The van der Waals surface area contributed by atoms with Gasteiger partial charge in [-0.2, -0.15) is 13.2 Å². The molecule has 0 atom stereocenters. The first kappa shape index (κ1) is 10.6. The van der Waals surface area contributed by atoms with Crippen LogP contribution in [0.3, 0.4) is 0 Å². The molecule has 0 aliphatic heterocycles. The molecule has 0 aromatic rings. The zero-order valence-corrected chi connectivity index (χ0v) is 5.48. The van der Waals surface area contributed by atoms with E-state index >= 15 is 0 Å². The van der Waals surface area contributed by atoms with Crippen molar-refractivity contribution in [2.75, 3.05) is 0 Å². The van der Waals surface area contributed by atoms with Crippen LogP contribution in [0.5, 0.6) is 0 Å². The third-order valence-electron chi connectivity index (χ3n) is 0.650. The van der Waals surface area contributed by atoms with Gasteiger partial charge < -0.3 is 0 Å². The van der Waals surface area contributed by atoms with Crippen LogP contribution in [0.2, 0.25) is 0 Å². The minimum absolute atomic E-state index is 2.11. The Balaban J connectivity index is 4.67. The molecule has 7 heteroatoms. The van der Waals surface area contributed by atoms with Gasteiger partial charge in [-0.05, 0) is 0 Å². The summed E-state index contributed by atoms with van der Waals surface area (Å²) in [6, 6.07) is 0. The van der Waals surface area contributed by atoms with Crippen molar-refractivity contribution in [2.45, 2.75) is 12.6 Å². The van der Waals surface area contributed by atoms with Crippen molar-refractivity contribution in [2.24, 2.45) is 0 Å². The van der Waals surface area contributed by atoms with Crippen molar-refractivity contribution in [1.29, 1.82) is 0 Å². The van der Waals surface area contributed by atoms with Gasteiger partial charge in [0.25, 0.3) is 6.43 Å². The lowest BCUT2D eigenvalue weighted by atomic mass is 10.4. The Kier molecular flexibility index (Phi) is 3.22. The van der Waals surface area contributed by atoms with E-state index in [2.05, 4.69) is 11.6 Å². The Morgan fingerprint density at radius 3 is 1.64 bits per heavy atom. The molecule has 0 fully saturated rings. The first-order valence-corrected chi connectivity index (χ1v) is 2.55. The molecular weight excluding hydrogens is 197 g/mol. The fourth-order valence-corrected chi connectivity index (χ4v) is 0.338. The summed E-state index contributed by atoms with van der Waals surface area (Å²) in [7, 11) is 0. The van der Waals surface area contributed by atoms with Crippen LogP contribution < -0.4 is 0 Å². The molecule has 0 nitrogen and oxygen atoms in total. The van der Waals surface area contributed by atoms with Crippen molar-refractivity contribution in [1.82, 2.24) is 0 Å². The normalized spacial score (nSPS) is 15.3. The Hall–Kier alpha value is -0.390. The van der Waals surface area contributed by atoms with Crippen molar-refractivity contribution in [3.8, 4) is 0 Å². The van der Waals surface area contributed by atoms with E-state index in [0.717, 1.165) is 0 Å². The summed E-state index contributed by atoms with van der Waals surface area (Å²) in [6.07, 6.45) is -9.08. The highest BCUT2D eigenvalue weighted by atomic mass is 35.5. The molecule has 0 aliphatic rings. The van der Waals surface area contributed by atoms with Crippen LogP contribution in [0, 0.1) is 0 Å². The van der Waals surface area contributed by atoms with Crippen molar-refractivity contribution in [3.05, 3.63) is 10.9 Å². The summed E-state index contributed by atoms with van der Waals surface area (Å²) in [4.78, 5) is 0. The molecule has 0 aromatic carbocycles. The fraction of sp³-hybridized carbons (Fsp3) is 0.500. The van der Waals surface area contributed by atoms with E-state index < -0.39 is 23.5 Å². The lowest BCUT2D eigenvalue weighted by molar-refractivity contribution is -0.110. The molecule has 0 rings (SSSR count). The molecule has 0 spiro atoms. The lowest BCUT2D eigenvalue weighted by Gasteiger charge is -2.04. The minimum Gasteiger partial charge on any atom is -0.204 e. The summed E-state index contributed by atoms with van der Waals surface area (Å²) in [5.74, 6) is -2.95. The van der Waals surface area contributed by atoms with Crippen molar-refractivity contribution >= 4 is 11.6 Å². The summed E-state index contributed by atoms with van der Waals surface area (Å²) < 4.78 is 67.9. The topological polar surface area (TPSA) is 0 Å². The van der Waals surface area contributed by atoms with Gasteiger partial charge >= 0.3 is 6.18 Å². The molecule has 0 saturated carbocycles. The first-order valence-electron chi connectivity index (χ1n) is 2.17. The number of hydrogen-bond donors (Lipinski definition) is 0. The van der Waals surface area contributed by atoms with Gasteiger partial charge in [0.15, 0.2) is 0 Å². The van der Waals surface area contributed by atoms with E-state index in [-0.39, 0.29) is 0 Å². The van der Waals surface area contributed by atoms with Gasteiger partial charge in [-0.3, -0.25) is 0 Å². The van der Waals surface area contributed by atoms with Crippen molar-refractivity contribution in [3.63, 3.8) is 0 Å². The molecule has 0 bridgehead atoms. The van der Waals surface area contributed by atoms with Crippen LogP contribution in [-0.2, 0) is 0 Å². The molecule has 0 amide bonds. The van der Waals surface area contributed by atoms with Gasteiger partial charge in [-0.25, -0.2) is 13.2 Å². The van der Waals surface area contributed by atoms with Gasteiger partial charge in [-0.15, -0.1) is 0 Å². The van der Waals surface area contributed by atoms with E-state index in [9.17, 15) is 26.3 Å². The molecule has 0 N–H and O–H groups in total. The average Bonchev–Trinajstić information content (AvgIpc) is 1.82. The van der Waals surface area contributed by atoms with E-state index in [1.165, 1.54) is 0 Å². The molecule has 0 unspecified atom stereocenters. The van der Waals surface area contributed by atoms with Crippen molar-refractivity contribution < 1.29 is 26.3 Å².